The molecule has 4 saturated carbocycles. The monoisotopic (exact) mass is 680 g/mol. The highest BCUT2D eigenvalue weighted by atomic mass is 16.5. The van der Waals surface area contributed by atoms with Crippen LogP contribution in [0.25, 0.3) is 6.08 Å². The van der Waals surface area contributed by atoms with Crippen LogP contribution >= 0.6 is 0 Å². The van der Waals surface area contributed by atoms with E-state index in [1.54, 1.807) is 50.5 Å². The maximum Gasteiger partial charge on any atom is 0.246 e. The highest BCUT2D eigenvalue weighted by Crippen LogP contribution is 2.68. The van der Waals surface area contributed by atoms with Crippen LogP contribution in [0.3, 0.4) is 0 Å². The van der Waals surface area contributed by atoms with E-state index in [9.17, 15) is 19.8 Å². The number of rotatable bonds is 9. The summed E-state index contributed by atoms with van der Waals surface area (Å²) in [5.74, 6) is 4.60. The summed E-state index contributed by atoms with van der Waals surface area (Å²) in [4.78, 5) is 30.1. The Bertz CT molecular complexity index is 1370. The van der Waals surface area contributed by atoms with E-state index in [0.29, 0.717) is 85.4 Å². The van der Waals surface area contributed by atoms with Crippen molar-refractivity contribution in [3.63, 3.8) is 0 Å². The van der Waals surface area contributed by atoms with Gasteiger partial charge < -0.3 is 34.2 Å². The quantitative estimate of drug-likeness (QED) is 0.318. The topological polar surface area (TPSA) is 109 Å². The third-order valence-electron chi connectivity index (χ3n) is 14.3. The fraction of sp³-hybridized carbons (Fsp3) is 0.750. The molecule has 2 amide bonds. The van der Waals surface area contributed by atoms with Crippen LogP contribution in [0, 0.1) is 46.3 Å². The first-order valence-corrected chi connectivity index (χ1v) is 18.8. The lowest BCUT2D eigenvalue weighted by Gasteiger charge is -2.62. The molecule has 5 aliphatic rings. The predicted octanol–water partition coefficient (Wildman–Crippen LogP) is 5.80. The standard InChI is InChI=1S/C40H60N2O7/c1-25(29-9-10-30-37-31(14-16-40(29,30)3)39(2)15-13-28(43)23-27(39)24-32(37)44)7-11-35(45)41-17-19-42(20-18-41)36(46)12-8-26-21-33(47-4)38(49-6)34(22-26)48-5/h8,12,21-22,25,27-32,37,43-44H,7,9-11,13-20,23-24H2,1-6H3/b12-8+/t25-,27+,28-,29-,30+,31+,32+,37+,39+,40-/m1/s1. The number of piperazine rings is 1. The Balaban J connectivity index is 0.995. The van der Waals surface area contributed by atoms with Crippen molar-refractivity contribution >= 4 is 17.9 Å². The lowest BCUT2D eigenvalue weighted by Crippen LogP contribution is -2.58. The van der Waals surface area contributed by atoms with Gasteiger partial charge >= 0.3 is 0 Å². The van der Waals surface area contributed by atoms with Gasteiger partial charge in [-0.15, -0.1) is 0 Å². The molecule has 49 heavy (non-hydrogen) atoms. The number of hydrogen-bond donors (Lipinski definition) is 2. The van der Waals surface area contributed by atoms with Gasteiger partial charge in [-0.3, -0.25) is 9.59 Å². The van der Waals surface area contributed by atoms with Crippen molar-refractivity contribution in [2.45, 2.75) is 97.2 Å². The Morgan fingerprint density at radius 1 is 0.878 bits per heavy atom. The van der Waals surface area contributed by atoms with Crippen molar-refractivity contribution < 1.29 is 34.0 Å². The summed E-state index contributed by atoms with van der Waals surface area (Å²) >= 11 is 0. The Labute approximate surface area is 293 Å². The van der Waals surface area contributed by atoms with E-state index in [0.717, 1.165) is 37.7 Å². The van der Waals surface area contributed by atoms with E-state index in [2.05, 4.69) is 20.8 Å². The van der Waals surface area contributed by atoms with E-state index in [1.807, 2.05) is 4.90 Å². The second kappa shape index (κ2) is 14.5. The number of benzene rings is 1. The molecule has 4 aliphatic carbocycles. The van der Waals surface area contributed by atoms with E-state index < -0.39 is 0 Å². The highest BCUT2D eigenvalue weighted by Gasteiger charge is 2.62. The third kappa shape index (κ3) is 6.71. The second-order valence-corrected chi connectivity index (χ2v) is 16.5. The molecule has 1 aromatic carbocycles. The highest BCUT2D eigenvalue weighted by molar-refractivity contribution is 5.92. The predicted molar refractivity (Wildman–Crippen MR) is 189 cm³/mol. The van der Waals surface area contributed by atoms with Crippen LogP contribution in [-0.2, 0) is 9.59 Å². The summed E-state index contributed by atoms with van der Waals surface area (Å²) in [5, 5.41) is 22.0. The molecule has 2 N–H and O–H groups in total. The molecule has 0 radical (unpaired) electrons. The molecule has 1 aliphatic heterocycles. The number of fused-ring (bicyclic) bond motifs is 5. The smallest absolute Gasteiger partial charge is 0.246 e. The van der Waals surface area contributed by atoms with Crippen LogP contribution in [0.5, 0.6) is 17.2 Å². The molecule has 272 valence electrons. The van der Waals surface area contributed by atoms with Gasteiger partial charge in [-0.2, -0.15) is 0 Å². The molecule has 6 rings (SSSR count). The van der Waals surface area contributed by atoms with Gasteiger partial charge in [-0.1, -0.05) is 20.8 Å². The van der Waals surface area contributed by atoms with Gasteiger partial charge in [-0.05, 0) is 128 Å². The van der Waals surface area contributed by atoms with E-state index in [4.69, 9.17) is 14.2 Å². The van der Waals surface area contributed by atoms with Crippen molar-refractivity contribution in [3.05, 3.63) is 23.8 Å². The SMILES string of the molecule is COc1cc(/C=C/C(=O)N2CCN(C(=O)CC[C@@H](C)[C@H]3CC[C@H]4[C@@H]5[C@@H](O)C[C@@H]6C[C@H](O)CC[C@]6(C)[C@H]5CC[C@]34C)CC2)cc(OC)c1OC. The fourth-order valence-electron chi connectivity index (χ4n) is 11.5. The first kappa shape index (κ1) is 36.0. The average molecular weight is 681 g/mol. The molecule has 5 fully saturated rings. The van der Waals surface area contributed by atoms with Crippen molar-refractivity contribution in [2.75, 3.05) is 47.5 Å². The van der Waals surface area contributed by atoms with Gasteiger partial charge in [0.2, 0.25) is 17.6 Å². The Hall–Kier alpha value is -2.78. The summed E-state index contributed by atoms with van der Waals surface area (Å²) in [6.45, 7) is 9.47. The molecule has 9 heteroatoms. The number of amides is 2. The van der Waals surface area contributed by atoms with Crippen molar-refractivity contribution in [1.29, 1.82) is 0 Å². The van der Waals surface area contributed by atoms with Crippen LogP contribution in [-0.4, -0.2) is 91.5 Å². The number of hydrogen-bond acceptors (Lipinski definition) is 7. The van der Waals surface area contributed by atoms with Crippen LogP contribution < -0.4 is 14.2 Å². The third-order valence-corrected chi connectivity index (χ3v) is 14.3. The minimum atomic E-state index is -0.260. The Morgan fingerprint density at radius 2 is 1.51 bits per heavy atom. The minimum Gasteiger partial charge on any atom is -0.493 e. The number of ether oxygens (including phenoxy) is 3. The van der Waals surface area contributed by atoms with Crippen LogP contribution in [0.4, 0.5) is 0 Å². The zero-order chi connectivity index (χ0) is 35.1. The maximum absolute atomic E-state index is 13.4. The van der Waals surface area contributed by atoms with E-state index in [1.165, 1.54) is 25.7 Å². The van der Waals surface area contributed by atoms with Gasteiger partial charge in [0.15, 0.2) is 11.5 Å². The van der Waals surface area contributed by atoms with Gasteiger partial charge in [0.05, 0.1) is 33.5 Å². The molecular formula is C40H60N2O7. The number of aliphatic hydroxyl groups excluding tert-OH is 2. The van der Waals surface area contributed by atoms with Gasteiger partial charge in [0, 0.05) is 38.7 Å². The van der Waals surface area contributed by atoms with E-state index >= 15 is 0 Å². The van der Waals surface area contributed by atoms with Crippen molar-refractivity contribution in [3.8, 4) is 17.2 Å². The summed E-state index contributed by atoms with van der Waals surface area (Å²) in [6.07, 6.45) is 12.7. The number of nitrogens with zero attached hydrogens (tertiary/aromatic N) is 2. The summed E-state index contributed by atoms with van der Waals surface area (Å²) < 4.78 is 16.2. The lowest BCUT2D eigenvalue weighted by atomic mass is 9.43. The number of aliphatic hydroxyl groups is 2. The van der Waals surface area contributed by atoms with Gasteiger partial charge in [0.25, 0.3) is 0 Å². The molecular weight excluding hydrogens is 620 g/mol. The average Bonchev–Trinajstić information content (AvgIpc) is 3.46. The molecule has 0 spiro atoms. The Morgan fingerprint density at radius 3 is 2.16 bits per heavy atom. The van der Waals surface area contributed by atoms with Crippen molar-refractivity contribution in [1.82, 2.24) is 9.80 Å². The summed E-state index contributed by atoms with van der Waals surface area (Å²) in [7, 11) is 4.68. The van der Waals surface area contributed by atoms with Crippen LogP contribution in [0.1, 0.15) is 90.5 Å². The maximum atomic E-state index is 13.4. The zero-order valence-corrected chi connectivity index (χ0v) is 30.7. The largest absolute Gasteiger partial charge is 0.493 e. The normalized spacial score (nSPS) is 36.4. The van der Waals surface area contributed by atoms with Gasteiger partial charge in [0.1, 0.15) is 0 Å². The van der Waals surface area contributed by atoms with Crippen LogP contribution in [0.15, 0.2) is 18.2 Å². The first-order chi connectivity index (χ1) is 23.4. The number of carbonyl (C=O) groups excluding carboxylic acids is 2. The fourth-order valence-corrected chi connectivity index (χ4v) is 11.5. The van der Waals surface area contributed by atoms with Crippen LogP contribution in [0.2, 0.25) is 0 Å². The lowest BCUT2D eigenvalue weighted by molar-refractivity contribution is -0.174. The molecule has 10 atom stereocenters. The molecule has 9 nitrogen and oxygen atoms in total. The Kier molecular flexibility index (Phi) is 10.6. The molecule has 0 aromatic heterocycles. The first-order valence-electron chi connectivity index (χ1n) is 18.8. The molecule has 1 saturated heterocycles. The molecule has 0 bridgehead atoms. The minimum absolute atomic E-state index is 0.0816. The molecule has 1 heterocycles. The second-order valence-electron chi connectivity index (χ2n) is 16.5. The number of carbonyl (C=O) groups is 2. The van der Waals surface area contributed by atoms with Crippen molar-refractivity contribution in [2.24, 2.45) is 46.3 Å². The molecule has 0 unspecified atom stereocenters. The van der Waals surface area contributed by atoms with Gasteiger partial charge in [-0.25, -0.2) is 0 Å². The van der Waals surface area contributed by atoms with E-state index in [-0.39, 0.29) is 34.9 Å². The summed E-state index contributed by atoms with van der Waals surface area (Å²) in [6, 6.07) is 3.61. The number of methoxy groups -OCH3 is 3. The zero-order valence-electron chi connectivity index (χ0n) is 30.7. The summed E-state index contributed by atoms with van der Waals surface area (Å²) in [5.41, 5.74) is 1.22. The molecule has 1 aromatic rings.